The van der Waals surface area contributed by atoms with Crippen molar-refractivity contribution < 1.29 is 13.2 Å². The Hall–Kier alpha value is -1.48. The minimum absolute atomic E-state index is 0.0981. The van der Waals surface area contributed by atoms with E-state index in [2.05, 4.69) is 21.4 Å². The number of amides is 1. The molecule has 1 aliphatic carbocycles. The Morgan fingerprint density at radius 1 is 1.20 bits per heavy atom. The van der Waals surface area contributed by atoms with Crippen molar-refractivity contribution in [1.82, 2.24) is 19.4 Å². The van der Waals surface area contributed by atoms with Gasteiger partial charge in [-0.25, -0.2) is 13.1 Å². The lowest BCUT2D eigenvalue weighted by molar-refractivity contribution is 0.0694. The molecule has 30 heavy (non-hydrogen) atoms. The number of carbonyl (C=O) groups is 1. The molecule has 0 bridgehead atoms. The molecule has 1 aromatic carbocycles. The van der Waals surface area contributed by atoms with Crippen LogP contribution in [0.15, 0.2) is 29.2 Å². The fourth-order valence-corrected chi connectivity index (χ4v) is 5.14. The second-order valence-electron chi connectivity index (χ2n) is 8.80. The molecule has 1 aromatic rings. The van der Waals surface area contributed by atoms with E-state index in [1.807, 2.05) is 19.0 Å². The highest BCUT2D eigenvalue weighted by Gasteiger charge is 2.28. The third-order valence-electron chi connectivity index (χ3n) is 6.09. The van der Waals surface area contributed by atoms with Crippen LogP contribution in [0.25, 0.3) is 0 Å². The van der Waals surface area contributed by atoms with E-state index in [0.29, 0.717) is 37.2 Å². The molecule has 0 radical (unpaired) electrons. The Morgan fingerprint density at radius 2 is 1.97 bits per heavy atom. The van der Waals surface area contributed by atoms with Crippen LogP contribution in [-0.2, 0) is 10.0 Å². The second-order valence-corrected chi connectivity index (χ2v) is 10.6. The SMILES string of the molecule is CCN1CCC[C@@H]1CN(CCN(C)C)C(=O)c1cccc(S(=O)(=O)NCC2CC2)c1. The van der Waals surface area contributed by atoms with Gasteiger partial charge in [0.25, 0.3) is 5.91 Å². The van der Waals surface area contributed by atoms with E-state index in [0.717, 1.165) is 45.3 Å². The van der Waals surface area contributed by atoms with E-state index >= 15 is 0 Å². The molecule has 1 amide bonds. The number of hydrogen-bond acceptors (Lipinski definition) is 5. The second kappa shape index (κ2) is 10.2. The first-order valence-corrected chi connectivity index (χ1v) is 12.6. The molecule has 168 valence electrons. The van der Waals surface area contributed by atoms with Crippen LogP contribution >= 0.6 is 0 Å². The topological polar surface area (TPSA) is 73.0 Å². The van der Waals surface area contributed by atoms with Crippen LogP contribution in [0.3, 0.4) is 0 Å². The standard InChI is InChI=1S/C22H36N4O3S/c1-4-25-12-6-8-20(25)17-26(14-13-24(2)3)22(27)19-7-5-9-21(15-19)30(28,29)23-16-18-10-11-18/h5,7,9,15,18,20,23H,4,6,8,10-14,16-17H2,1-3H3/t20-/m1/s1. The number of likely N-dealkylation sites (N-methyl/N-ethyl adjacent to an activating group) is 2. The molecule has 0 unspecified atom stereocenters. The molecule has 1 N–H and O–H groups in total. The third-order valence-corrected chi connectivity index (χ3v) is 7.51. The summed E-state index contributed by atoms with van der Waals surface area (Å²) in [5.41, 5.74) is 0.434. The fourth-order valence-electron chi connectivity index (χ4n) is 3.98. The van der Waals surface area contributed by atoms with Crippen molar-refractivity contribution in [1.29, 1.82) is 0 Å². The van der Waals surface area contributed by atoms with Crippen molar-refractivity contribution >= 4 is 15.9 Å². The molecule has 3 rings (SSSR count). The lowest BCUT2D eigenvalue weighted by atomic mass is 10.1. The van der Waals surface area contributed by atoms with Crippen LogP contribution in [0, 0.1) is 5.92 Å². The number of nitrogens with one attached hydrogen (secondary N) is 1. The van der Waals surface area contributed by atoms with Gasteiger partial charge in [0, 0.05) is 37.8 Å². The first kappa shape index (κ1) is 23.2. The van der Waals surface area contributed by atoms with Crippen LogP contribution in [0.1, 0.15) is 43.0 Å². The summed E-state index contributed by atoms with van der Waals surface area (Å²) in [5.74, 6) is 0.359. The maximum Gasteiger partial charge on any atom is 0.253 e. The van der Waals surface area contributed by atoms with Gasteiger partial charge in [-0.3, -0.25) is 9.69 Å². The zero-order valence-corrected chi connectivity index (χ0v) is 19.3. The van der Waals surface area contributed by atoms with E-state index in [1.54, 1.807) is 18.2 Å². The summed E-state index contributed by atoms with van der Waals surface area (Å²) in [7, 11) is 0.396. The predicted octanol–water partition coefficient (Wildman–Crippen LogP) is 1.86. The van der Waals surface area contributed by atoms with Crippen molar-refractivity contribution in [2.75, 3.05) is 53.4 Å². The van der Waals surface area contributed by atoms with Crippen molar-refractivity contribution in [3.05, 3.63) is 29.8 Å². The summed E-state index contributed by atoms with van der Waals surface area (Å²) >= 11 is 0. The molecular formula is C22H36N4O3S. The maximum atomic E-state index is 13.4. The monoisotopic (exact) mass is 436 g/mol. The van der Waals surface area contributed by atoms with Gasteiger partial charge in [0.05, 0.1) is 4.90 Å². The van der Waals surface area contributed by atoms with Crippen molar-refractivity contribution in [2.45, 2.75) is 43.5 Å². The Kier molecular flexibility index (Phi) is 7.90. The maximum absolute atomic E-state index is 13.4. The van der Waals surface area contributed by atoms with Gasteiger partial charge >= 0.3 is 0 Å². The first-order chi connectivity index (χ1) is 14.3. The number of rotatable bonds is 11. The molecule has 7 nitrogen and oxygen atoms in total. The van der Waals surface area contributed by atoms with Gasteiger partial charge in [0.15, 0.2) is 0 Å². The Labute approximate surface area is 181 Å². The minimum atomic E-state index is -3.60. The van der Waals surface area contributed by atoms with Crippen molar-refractivity contribution in [3.8, 4) is 0 Å². The van der Waals surface area contributed by atoms with E-state index in [-0.39, 0.29) is 10.8 Å². The number of hydrogen-bond donors (Lipinski definition) is 1. The van der Waals surface area contributed by atoms with Crippen LogP contribution in [0.2, 0.25) is 0 Å². The molecular weight excluding hydrogens is 400 g/mol. The Bertz CT molecular complexity index is 823. The number of nitrogens with zero attached hydrogens (tertiary/aromatic N) is 3. The molecule has 0 aromatic heterocycles. The Balaban J connectivity index is 1.75. The highest BCUT2D eigenvalue weighted by Crippen LogP contribution is 2.28. The van der Waals surface area contributed by atoms with Crippen LogP contribution in [-0.4, -0.2) is 88.4 Å². The quantitative estimate of drug-likeness (QED) is 0.573. The van der Waals surface area contributed by atoms with Gasteiger partial charge < -0.3 is 9.80 Å². The summed E-state index contributed by atoms with van der Waals surface area (Å²) < 4.78 is 27.9. The molecule has 0 spiro atoms. The molecule has 1 heterocycles. The van der Waals surface area contributed by atoms with E-state index in [1.165, 1.54) is 6.07 Å². The number of likely N-dealkylation sites (tertiary alicyclic amines) is 1. The lowest BCUT2D eigenvalue weighted by Crippen LogP contribution is -2.45. The van der Waals surface area contributed by atoms with Crippen LogP contribution in [0.4, 0.5) is 0 Å². The summed E-state index contributed by atoms with van der Waals surface area (Å²) in [6.45, 7) is 6.77. The minimum Gasteiger partial charge on any atom is -0.336 e. The van der Waals surface area contributed by atoms with Gasteiger partial charge in [-0.15, -0.1) is 0 Å². The van der Waals surface area contributed by atoms with E-state index in [9.17, 15) is 13.2 Å². The smallest absolute Gasteiger partial charge is 0.253 e. The molecule has 1 aliphatic heterocycles. The molecule has 1 saturated carbocycles. The molecule has 1 saturated heterocycles. The Morgan fingerprint density at radius 3 is 2.63 bits per heavy atom. The highest BCUT2D eigenvalue weighted by atomic mass is 32.2. The summed E-state index contributed by atoms with van der Waals surface area (Å²) in [5, 5.41) is 0. The lowest BCUT2D eigenvalue weighted by Gasteiger charge is -2.31. The van der Waals surface area contributed by atoms with Crippen LogP contribution < -0.4 is 4.72 Å². The van der Waals surface area contributed by atoms with Gasteiger partial charge in [0.2, 0.25) is 10.0 Å². The first-order valence-electron chi connectivity index (χ1n) is 11.1. The summed E-state index contributed by atoms with van der Waals surface area (Å²) in [6.07, 6.45) is 4.42. The number of carbonyl (C=O) groups excluding carboxylic acids is 1. The summed E-state index contributed by atoms with van der Waals surface area (Å²) in [4.78, 5) is 19.9. The molecule has 2 aliphatic rings. The molecule has 2 fully saturated rings. The normalized spacial score (nSPS) is 20.1. The predicted molar refractivity (Wildman–Crippen MR) is 119 cm³/mol. The van der Waals surface area contributed by atoms with Gasteiger partial charge in [0.1, 0.15) is 0 Å². The average Bonchev–Trinajstić information content (AvgIpc) is 3.46. The third kappa shape index (κ3) is 6.26. The van der Waals surface area contributed by atoms with Crippen molar-refractivity contribution in [2.24, 2.45) is 5.92 Å². The van der Waals surface area contributed by atoms with Gasteiger partial charge in [-0.1, -0.05) is 13.0 Å². The van der Waals surface area contributed by atoms with E-state index in [4.69, 9.17) is 0 Å². The number of sulfonamides is 1. The largest absolute Gasteiger partial charge is 0.336 e. The molecule has 8 heteroatoms. The van der Waals surface area contributed by atoms with Crippen molar-refractivity contribution in [3.63, 3.8) is 0 Å². The highest BCUT2D eigenvalue weighted by molar-refractivity contribution is 7.89. The average molecular weight is 437 g/mol. The van der Waals surface area contributed by atoms with E-state index < -0.39 is 10.0 Å². The molecule has 1 atom stereocenters. The van der Waals surface area contributed by atoms with Gasteiger partial charge in [-0.05, 0) is 77.0 Å². The number of benzene rings is 1. The van der Waals surface area contributed by atoms with Gasteiger partial charge in [-0.2, -0.15) is 0 Å². The van der Waals surface area contributed by atoms with Crippen LogP contribution in [0.5, 0.6) is 0 Å². The zero-order valence-electron chi connectivity index (χ0n) is 18.5. The zero-order chi connectivity index (χ0) is 21.7. The summed E-state index contributed by atoms with van der Waals surface area (Å²) in [6, 6.07) is 6.83. The fraction of sp³-hybridized carbons (Fsp3) is 0.682.